The highest BCUT2D eigenvalue weighted by molar-refractivity contribution is 6.32. The van der Waals surface area contributed by atoms with E-state index in [0.717, 1.165) is 18.9 Å². The molecule has 2 aliphatic carbocycles. The second kappa shape index (κ2) is 9.08. The molecule has 0 bridgehead atoms. The number of rotatable bonds is 5. The van der Waals surface area contributed by atoms with Gasteiger partial charge in [0.1, 0.15) is 29.7 Å². The Bertz CT molecular complexity index is 1500. The van der Waals surface area contributed by atoms with Crippen LogP contribution < -0.4 is 5.73 Å². The molecule has 4 atom stereocenters. The second-order valence-corrected chi connectivity index (χ2v) is 10.9. The number of hydrogen-bond acceptors (Lipinski definition) is 7. The number of aliphatic hydroxyl groups is 2. The molecule has 13 heteroatoms. The van der Waals surface area contributed by atoms with Crippen LogP contribution in [0.2, 0.25) is 5.02 Å². The van der Waals surface area contributed by atoms with Gasteiger partial charge in [0.15, 0.2) is 0 Å². The summed E-state index contributed by atoms with van der Waals surface area (Å²) < 4.78 is 41.5. The number of aromatic nitrogens is 5. The number of nitrogens with one attached hydrogen (secondary N) is 1. The quantitative estimate of drug-likeness (QED) is 0.298. The van der Waals surface area contributed by atoms with E-state index in [1.54, 1.807) is 0 Å². The molecule has 2 saturated carbocycles. The van der Waals surface area contributed by atoms with E-state index < -0.39 is 23.9 Å². The van der Waals surface area contributed by atoms with Gasteiger partial charge in [-0.15, -0.1) is 0 Å². The highest BCUT2D eigenvalue weighted by Gasteiger charge is 2.45. The van der Waals surface area contributed by atoms with Crippen LogP contribution in [0, 0.1) is 5.92 Å². The van der Waals surface area contributed by atoms with Crippen LogP contribution in [0.4, 0.5) is 19.0 Å². The summed E-state index contributed by atoms with van der Waals surface area (Å²) in [5, 5.41) is 22.0. The zero-order chi connectivity index (χ0) is 26.9. The smallest absolute Gasteiger partial charge is 0.390 e. The van der Waals surface area contributed by atoms with Crippen molar-refractivity contribution in [1.29, 1.82) is 0 Å². The summed E-state index contributed by atoms with van der Waals surface area (Å²) in [5.41, 5.74) is 6.41. The molecule has 2 aliphatic rings. The lowest BCUT2D eigenvalue weighted by Gasteiger charge is -2.41. The predicted molar refractivity (Wildman–Crippen MR) is 136 cm³/mol. The highest BCUT2D eigenvalue weighted by atomic mass is 35.5. The van der Waals surface area contributed by atoms with Gasteiger partial charge >= 0.3 is 6.18 Å². The Morgan fingerprint density at radius 3 is 2.68 bits per heavy atom. The van der Waals surface area contributed by atoms with Crippen LogP contribution in [-0.2, 0) is 6.18 Å². The molecular formula is C25H27ClF3N7O2. The first kappa shape index (κ1) is 25.4. The molecule has 0 radical (unpaired) electrons. The topological polar surface area (TPSA) is 129 Å². The first-order valence-corrected chi connectivity index (χ1v) is 12.8. The van der Waals surface area contributed by atoms with Gasteiger partial charge in [0.05, 0.1) is 39.2 Å². The van der Waals surface area contributed by atoms with Crippen molar-refractivity contribution >= 4 is 39.5 Å². The molecule has 0 aliphatic heterocycles. The van der Waals surface area contributed by atoms with Crippen molar-refractivity contribution < 1.29 is 23.4 Å². The predicted octanol–water partition coefficient (Wildman–Crippen LogP) is 3.72. The van der Waals surface area contributed by atoms with E-state index in [2.05, 4.69) is 24.8 Å². The van der Waals surface area contributed by atoms with E-state index >= 15 is 0 Å². The van der Waals surface area contributed by atoms with Crippen molar-refractivity contribution in [3.8, 4) is 0 Å². The minimum Gasteiger partial charge on any atom is -0.390 e. The molecule has 6 rings (SSSR count). The fourth-order valence-corrected chi connectivity index (χ4v) is 6.23. The summed E-state index contributed by atoms with van der Waals surface area (Å²) in [6, 6.07) is 3.96. The molecule has 4 aromatic rings. The summed E-state index contributed by atoms with van der Waals surface area (Å²) in [6.45, 7) is 0.590. The van der Waals surface area contributed by atoms with Gasteiger partial charge in [0.2, 0.25) is 0 Å². The van der Waals surface area contributed by atoms with Crippen molar-refractivity contribution in [1.82, 2.24) is 29.4 Å². The van der Waals surface area contributed by atoms with Crippen LogP contribution in [0.5, 0.6) is 0 Å². The van der Waals surface area contributed by atoms with Crippen LogP contribution in [0.1, 0.15) is 42.6 Å². The number of fused-ring (bicyclic) bond motifs is 2. The second-order valence-electron chi connectivity index (χ2n) is 10.5. The first-order valence-electron chi connectivity index (χ1n) is 12.4. The maximum Gasteiger partial charge on any atom is 0.417 e. The van der Waals surface area contributed by atoms with Crippen molar-refractivity contribution in [3.63, 3.8) is 0 Å². The molecule has 0 unspecified atom stereocenters. The molecule has 3 heterocycles. The molecular weight excluding hydrogens is 523 g/mol. The van der Waals surface area contributed by atoms with E-state index in [1.165, 1.54) is 12.4 Å². The number of anilines is 1. The third-order valence-corrected chi connectivity index (χ3v) is 8.52. The summed E-state index contributed by atoms with van der Waals surface area (Å²) in [4.78, 5) is 18.0. The van der Waals surface area contributed by atoms with Crippen LogP contribution in [0.25, 0.3) is 22.1 Å². The third kappa shape index (κ3) is 4.19. The normalized spacial score (nSPS) is 28.0. The van der Waals surface area contributed by atoms with E-state index in [1.807, 2.05) is 23.9 Å². The number of benzene rings is 1. The Balaban J connectivity index is 1.11. The average molecular weight is 550 g/mol. The Hall–Kier alpha value is -2.93. The number of nitrogen functional groups attached to an aromatic ring is 1. The first-order chi connectivity index (χ1) is 18.0. The van der Waals surface area contributed by atoms with Crippen LogP contribution in [-0.4, -0.2) is 71.5 Å². The summed E-state index contributed by atoms with van der Waals surface area (Å²) in [7, 11) is 1.99. The lowest BCUT2D eigenvalue weighted by atomic mass is 9.78. The largest absolute Gasteiger partial charge is 0.417 e. The number of alkyl halides is 3. The van der Waals surface area contributed by atoms with Gasteiger partial charge in [-0.1, -0.05) is 11.6 Å². The molecule has 0 saturated heterocycles. The molecule has 38 heavy (non-hydrogen) atoms. The summed E-state index contributed by atoms with van der Waals surface area (Å²) >= 11 is 5.84. The summed E-state index contributed by atoms with van der Waals surface area (Å²) in [6.07, 6.45) is -1.04. The Morgan fingerprint density at radius 2 is 1.95 bits per heavy atom. The SMILES string of the molecule is CN(C[C@H]1C[C@@H](n2ccc3c(N)ncnc32)[C@H](O)[C@@H]1O)C1CC(c2nc3cc(Cl)c(C(F)(F)F)cc3[nH]2)C1. The van der Waals surface area contributed by atoms with Crippen molar-refractivity contribution in [2.45, 2.75) is 55.6 Å². The van der Waals surface area contributed by atoms with Gasteiger partial charge in [-0.25, -0.2) is 15.0 Å². The zero-order valence-corrected chi connectivity index (χ0v) is 21.2. The van der Waals surface area contributed by atoms with Gasteiger partial charge < -0.3 is 30.4 Å². The van der Waals surface area contributed by atoms with Gasteiger partial charge in [-0.3, -0.25) is 0 Å². The molecule has 202 valence electrons. The molecule has 0 amide bonds. The third-order valence-electron chi connectivity index (χ3n) is 8.21. The van der Waals surface area contributed by atoms with Crippen molar-refractivity contribution in [3.05, 3.63) is 47.1 Å². The minimum atomic E-state index is -4.53. The zero-order valence-electron chi connectivity index (χ0n) is 20.4. The van der Waals surface area contributed by atoms with Crippen molar-refractivity contribution in [2.24, 2.45) is 5.92 Å². The van der Waals surface area contributed by atoms with Crippen molar-refractivity contribution in [2.75, 3.05) is 19.3 Å². The average Bonchev–Trinajstić information content (AvgIpc) is 3.49. The maximum atomic E-state index is 13.2. The molecule has 5 N–H and O–H groups in total. The Kier molecular flexibility index (Phi) is 6.06. The number of aliphatic hydroxyl groups excluding tert-OH is 2. The summed E-state index contributed by atoms with van der Waals surface area (Å²) in [5.74, 6) is 0.958. The number of hydrogen-bond donors (Lipinski definition) is 4. The minimum absolute atomic E-state index is 0.0891. The van der Waals surface area contributed by atoms with Gasteiger partial charge in [-0.2, -0.15) is 13.2 Å². The number of halogens is 4. The standard InChI is InChI=1S/C25H27ClF3N7O2/c1-35(9-12-6-19(21(38)20(12)37)36-3-2-14-22(30)31-10-32-24(14)36)13-4-11(5-13)23-33-17-7-15(25(27,28)29)16(26)8-18(17)34-23/h2-3,7-8,10-13,19-21,37-38H,4-6,9H2,1H3,(H,33,34)(H2,30,31,32)/t11?,12-,13?,19-,20-,21+/m1/s1. The van der Waals surface area contributed by atoms with Gasteiger partial charge in [0, 0.05) is 30.6 Å². The molecule has 2 fully saturated rings. The lowest BCUT2D eigenvalue weighted by Crippen LogP contribution is -2.45. The van der Waals surface area contributed by atoms with Crippen LogP contribution >= 0.6 is 11.6 Å². The Labute approximate surface area is 220 Å². The number of nitrogens with zero attached hydrogens (tertiary/aromatic N) is 5. The van der Waals surface area contributed by atoms with E-state index in [-0.39, 0.29) is 28.9 Å². The number of nitrogens with two attached hydrogens (primary N) is 1. The van der Waals surface area contributed by atoms with Crippen LogP contribution in [0.15, 0.2) is 30.7 Å². The van der Waals surface area contributed by atoms with E-state index in [4.69, 9.17) is 17.3 Å². The fraction of sp³-hybridized carbons (Fsp3) is 0.480. The van der Waals surface area contributed by atoms with Gasteiger partial charge in [-0.05, 0) is 44.5 Å². The number of H-pyrrole nitrogens is 1. The van der Waals surface area contributed by atoms with E-state index in [9.17, 15) is 23.4 Å². The van der Waals surface area contributed by atoms with Crippen LogP contribution in [0.3, 0.4) is 0 Å². The van der Waals surface area contributed by atoms with Gasteiger partial charge in [0.25, 0.3) is 0 Å². The molecule has 9 nitrogen and oxygen atoms in total. The number of aromatic amines is 1. The molecule has 0 spiro atoms. The highest BCUT2D eigenvalue weighted by Crippen LogP contribution is 2.43. The Morgan fingerprint density at radius 1 is 1.18 bits per heavy atom. The molecule has 3 aromatic heterocycles. The lowest BCUT2D eigenvalue weighted by molar-refractivity contribution is -0.137. The fourth-order valence-electron chi connectivity index (χ4n) is 5.97. The maximum absolute atomic E-state index is 13.2. The van der Waals surface area contributed by atoms with E-state index in [0.29, 0.717) is 46.7 Å². The monoisotopic (exact) mass is 549 g/mol. The number of imidazole rings is 1. The molecule has 1 aromatic carbocycles.